The Hall–Kier alpha value is -2.39. The molecule has 1 aliphatic heterocycles. The van der Waals surface area contributed by atoms with E-state index in [1.807, 2.05) is 63.2 Å². The summed E-state index contributed by atoms with van der Waals surface area (Å²) in [5.74, 6) is 0.941. The molecule has 1 saturated heterocycles. The molecule has 3 rings (SSSR count). The molecule has 0 aliphatic carbocycles. The van der Waals surface area contributed by atoms with Crippen LogP contribution in [0.2, 0.25) is 0 Å². The summed E-state index contributed by atoms with van der Waals surface area (Å²) in [4.78, 5) is 15.1. The summed E-state index contributed by atoms with van der Waals surface area (Å²) >= 11 is 0. The van der Waals surface area contributed by atoms with E-state index in [2.05, 4.69) is 4.90 Å². The van der Waals surface area contributed by atoms with Crippen LogP contribution in [0.5, 0.6) is 5.75 Å². The van der Waals surface area contributed by atoms with Gasteiger partial charge in [0.2, 0.25) is 0 Å². The van der Waals surface area contributed by atoms with Crippen LogP contribution >= 0.6 is 0 Å². The molecule has 0 aromatic heterocycles. The number of allylic oxidation sites excluding steroid dienone is 1. The minimum atomic E-state index is 0.0232. The largest absolute Gasteiger partial charge is 0.493 e. The Labute approximate surface area is 169 Å². The number of benzene rings is 2. The molecule has 0 saturated carbocycles. The zero-order valence-corrected chi connectivity index (χ0v) is 17.3. The molecule has 0 spiro atoms. The van der Waals surface area contributed by atoms with Crippen LogP contribution < -0.4 is 4.74 Å². The molecule has 2 aromatic rings. The van der Waals surface area contributed by atoms with Crippen molar-refractivity contribution < 1.29 is 9.53 Å². The van der Waals surface area contributed by atoms with Crippen LogP contribution in [0.1, 0.15) is 51.9 Å². The van der Waals surface area contributed by atoms with Gasteiger partial charge in [-0.15, -0.1) is 0 Å². The fourth-order valence-corrected chi connectivity index (χ4v) is 3.82. The van der Waals surface area contributed by atoms with Crippen LogP contribution in [0, 0.1) is 20.8 Å². The number of carbonyl (C=O) groups is 1. The first-order valence-electron chi connectivity index (χ1n) is 10.3. The van der Waals surface area contributed by atoms with Crippen molar-refractivity contribution in [3.63, 3.8) is 0 Å². The molecule has 0 radical (unpaired) electrons. The molecule has 1 fully saturated rings. The number of likely N-dealkylation sites (tertiary alicyclic amines) is 1. The molecule has 3 nitrogen and oxygen atoms in total. The number of rotatable bonds is 8. The van der Waals surface area contributed by atoms with Gasteiger partial charge in [-0.05, 0) is 93.6 Å². The average Bonchev–Trinajstić information content (AvgIpc) is 3.19. The van der Waals surface area contributed by atoms with E-state index in [0.29, 0.717) is 5.56 Å². The Morgan fingerprint density at radius 3 is 2.39 bits per heavy atom. The molecule has 148 valence electrons. The summed E-state index contributed by atoms with van der Waals surface area (Å²) in [7, 11) is 0. The second kappa shape index (κ2) is 9.70. The maximum Gasteiger partial charge on any atom is 0.185 e. The van der Waals surface area contributed by atoms with Crippen molar-refractivity contribution in [1.82, 2.24) is 4.90 Å². The van der Waals surface area contributed by atoms with E-state index in [9.17, 15) is 4.79 Å². The van der Waals surface area contributed by atoms with Crippen LogP contribution in [-0.2, 0) is 0 Å². The van der Waals surface area contributed by atoms with Crippen molar-refractivity contribution in [2.45, 2.75) is 40.0 Å². The molecule has 3 heteroatoms. The number of hydrogen-bond donors (Lipinski definition) is 0. The normalized spacial score (nSPS) is 14.7. The highest BCUT2D eigenvalue weighted by molar-refractivity contribution is 6.07. The predicted octanol–water partition coefficient (Wildman–Crippen LogP) is 5.37. The van der Waals surface area contributed by atoms with Gasteiger partial charge in [-0.2, -0.15) is 0 Å². The topological polar surface area (TPSA) is 29.5 Å². The molecule has 28 heavy (non-hydrogen) atoms. The Bertz CT molecular complexity index is 824. The van der Waals surface area contributed by atoms with Crippen molar-refractivity contribution in [3.8, 4) is 5.75 Å². The van der Waals surface area contributed by atoms with Crippen LogP contribution in [0.15, 0.2) is 42.5 Å². The number of ether oxygens (including phenoxy) is 1. The zero-order valence-electron chi connectivity index (χ0n) is 17.3. The second-order valence-corrected chi connectivity index (χ2v) is 7.74. The molecule has 0 atom stereocenters. The monoisotopic (exact) mass is 377 g/mol. The van der Waals surface area contributed by atoms with Crippen LogP contribution in [-0.4, -0.2) is 36.9 Å². The number of carbonyl (C=O) groups excluding carboxylic acids is 1. The minimum absolute atomic E-state index is 0.0232. The Kier molecular flexibility index (Phi) is 7.05. The second-order valence-electron chi connectivity index (χ2n) is 7.74. The third-order valence-corrected chi connectivity index (χ3v) is 5.41. The third-order valence-electron chi connectivity index (χ3n) is 5.41. The summed E-state index contributed by atoms with van der Waals surface area (Å²) in [5.41, 5.74) is 4.99. The van der Waals surface area contributed by atoms with Gasteiger partial charge in [-0.3, -0.25) is 4.79 Å². The molecule has 1 heterocycles. The van der Waals surface area contributed by atoms with Gasteiger partial charge in [0.15, 0.2) is 5.78 Å². The van der Waals surface area contributed by atoms with Crippen molar-refractivity contribution in [1.29, 1.82) is 0 Å². The lowest BCUT2D eigenvalue weighted by atomic mass is 10.0. The van der Waals surface area contributed by atoms with E-state index in [1.54, 1.807) is 6.08 Å². The van der Waals surface area contributed by atoms with Crippen molar-refractivity contribution in [2.75, 3.05) is 26.2 Å². The summed E-state index contributed by atoms with van der Waals surface area (Å²) in [6, 6.07) is 11.9. The average molecular weight is 378 g/mol. The number of aryl methyl sites for hydroxylation is 3. The zero-order chi connectivity index (χ0) is 19.9. The predicted molar refractivity (Wildman–Crippen MR) is 116 cm³/mol. The van der Waals surface area contributed by atoms with E-state index in [4.69, 9.17) is 4.74 Å². The summed E-state index contributed by atoms with van der Waals surface area (Å²) in [5, 5.41) is 0. The first-order chi connectivity index (χ1) is 13.5. The third kappa shape index (κ3) is 5.32. The Balaban J connectivity index is 1.60. The van der Waals surface area contributed by atoms with Gasteiger partial charge in [0, 0.05) is 12.1 Å². The van der Waals surface area contributed by atoms with Gasteiger partial charge in [-0.1, -0.05) is 30.3 Å². The molecule has 2 aromatic carbocycles. The summed E-state index contributed by atoms with van der Waals surface area (Å²) < 4.78 is 6.05. The van der Waals surface area contributed by atoms with Gasteiger partial charge in [0.1, 0.15) is 5.75 Å². The smallest absolute Gasteiger partial charge is 0.185 e. The number of hydrogen-bond acceptors (Lipinski definition) is 3. The number of ketones is 1. The van der Waals surface area contributed by atoms with Crippen molar-refractivity contribution in [2.24, 2.45) is 0 Å². The SMILES string of the molecule is Cc1ccccc1C=CC(=O)c1cc(C)c(OCCCN2CCCC2)c(C)c1. The van der Waals surface area contributed by atoms with Gasteiger partial charge in [0.25, 0.3) is 0 Å². The fourth-order valence-electron chi connectivity index (χ4n) is 3.82. The van der Waals surface area contributed by atoms with Crippen molar-refractivity contribution in [3.05, 3.63) is 70.3 Å². The van der Waals surface area contributed by atoms with E-state index < -0.39 is 0 Å². The summed E-state index contributed by atoms with van der Waals surface area (Å²) in [6.45, 7) is 10.4. The lowest BCUT2D eigenvalue weighted by Crippen LogP contribution is -2.22. The quantitative estimate of drug-likeness (QED) is 0.352. The Morgan fingerprint density at radius 1 is 1.04 bits per heavy atom. The van der Waals surface area contributed by atoms with Gasteiger partial charge < -0.3 is 9.64 Å². The van der Waals surface area contributed by atoms with Crippen LogP contribution in [0.3, 0.4) is 0 Å². The fraction of sp³-hybridized carbons (Fsp3) is 0.400. The lowest BCUT2D eigenvalue weighted by molar-refractivity contribution is 0.104. The Morgan fingerprint density at radius 2 is 1.71 bits per heavy atom. The molecular weight excluding hydrogens is 346 g/mol. The maximum atomic E-state index is 12.6. The van der Waals surface area contributed by atoms with Gasteiger partial charge in [-0.25, -0.2) is 0 Å². The summed E-state index contributed by atoms with van der Waals surface area (Å²) in [6.07, 6.45) is 7.25. The van der Waals surface area contributed by atoms with E-state index in [-0.39, 0.29) is 5.78 Å². The molecule has 0 unspecified atom stereocenters. The highest BCUT2D eigenvalue weighted by atomic mass is 16.5. The molecule has 0 bridgehead atoms. The lowest BCUT2D eigenvalue weighted by Gasteiger charge is -2.16. The molecular formula is C25H31NO2. The molecule has 1 aliphatic rings. The highest BCUT2D eigenvalue weighted by Gasteiger charge is 2.12. The maximum absolute atomic E-state index is 12.6. The van der Waals surface area contributed by atoms with Crippen molar-refractivity contribution >= 4 is 11.9 Å². The van der Waals surface area contributed by atoms with Crippen LogP contribution in [0.25, 0.3) is 6.08 Å². The standard InChI is InChI=1S/C25H31NO2/c1-19-9-4-5-10-22(19)11-12-24(27)23-17-20(2)25(21(3)18-23)28-16-8-15-26-13-6-7-14-26/h4-5,9-12,17-18H,6-8,13-16H2,1-3H3. The first kappa shape index (κ1) is 20.3. The van der Waals surface area contributed by atoms with Crippen LogP contribution in [0.4, 0.5) is 0 Å². The molecule has 0 N–H and O–H groups in total. The van der Waals surface area contributed by atoms with E-state index in [1.165, 1.54) is 25.9 Å². The van der Waals surface area contributed by atoms with E-state index in [0.717, 1.165) is 47.6 Å². The first-order valence-corrected chi connectivity index (χ1v) is 10.3. The van der Waals surface area contributed by atoms with Gasteiger partial charge >= 0.3 is 0 Å². The highest BCUT2D eigenvalue weighted by Crippen LogP contribution is 2.25. The minimum Gasteiger partial charge on any atom is -0.493 e. The van der Waals surface area contributed by atoms with E-state index >= 15 is 0 Å². The number of nitrogens with zero attached hydrogens (tertiary/aromatic N) is 1. The molecule has 0 amide bonds. The van der Waals surface area contributed by atoms with Gasteiger partial charge in [0.05, 0.1) is 6.61 Å².